The molecule has 9 heteroatoms. The van der Waals surface area contributed by atoms with Crippen LogP contribution in [0.15, 0.2) is 47.5 Å². The van der Waals surface area contributed by atoms with Crippen LogP contribution in [0.4, 0.5) is 14.5 Å². The maximum atomic E-state index is 14.1. The Balaban J connectivity index is 1.50. The molecular formula is C23H29F2N5O2. The van der Waals surface area contributed by atoms with Crippen molar-refractivity contribution in [1.82, 2.24) is 16.0 Å². The number of nitrogens with one attached hydrogen (secondary N) is 3. The molecule has 1 atom stereocenters. The Bertz CT molecular complexity index is 954. The third kappa shape index (κ3) is 6.32. The molecule has 3 N–H and O–H groups in total. The van der Waals surface area contributed by atoms with Gasteiger partial charge in [0.25, 0.3) is 5.91 Å². The molecule has 32 heavy (non-hydrogen) atoms. The summed E-state index contributed by atoms with van der Waals surface area (Å²) in [6, 6.07) is 10.7. The maximum absolute atomic E-state index is 14.1. The molecular weight excluding hydrogens is 416 g/mol. The average Bonchev–Trinajstić information content (AvgIpc) is 3.24. The Labute approximate surface area is 186 Å². The molecule has 1 amide bonds. The third-order valence-corrected chi connectivity index (χ3v) is 5.12. The highest BCUT2D eigenvalue weighted by atomic mass is 19.1. The van der Waals surface area contributed by atoms with Gasteiger partial charge in [-0.25, -0.2) is 8.78 Å². The van der Waals surface area contributed by atoms with Crippen LogP contribution in [-0.2, 0) is 0 Å². The number of hydrogen-bond acceptors (Lipinski definition) is 4. The minimum absolute atomic E-state index is 0.0728. The summed E-state index contributed by atoms with van der Waals surface area (Å²) in [6.45, 7) is 4.68. The second kappa shape index (κ2) is 11.3. The van der Waals surface area contributed by atoms with Crippen molar-refractivity contribution in [2.24, 2.45) is 4.99 Å². The molecule has 172 valence electrons. The molecule has 2 aromatic carbocycles. The van der Waals surface area contributed by atoms with E-state index in [9.17, 15) is 13.6 Å². The lowest BCUT2D eigenvalue weighted by atomic mass is 10.2. The van der Waals surface area contributed by atoms with Crippen molar-refractivity contribution >= 4 is 17.6 Å². The van der Waals surface area contributed by atoms with Crippen LogP contribution >= 0.6 is 0 Å². The minimum Gasteiger partial charge on any atom is -0.497 e. The number of aliphatic imine (C=N–C) groups is 1. The number of guanidine groups is 1. The summed E-state index contributed by atoms with van der Waals surface area (Å²) in [5, 5.41) is 9.38. The van der Waals surface area contributed by atoms with E-state index in [4.69, 9.17) is 4.74 Å². The van der Waals surface area contributed by atoms with Gasteiger partial charge in [-0.3, -0.25) is 9.79 Å². The largest absolute Gasteiger partial charge is 0.497 e. The maximum Gasteiger partial charge on any atom is 0.251 e. The van der Waals surface area contributed by atoms with Crippen molar-refractivity contribution in [3.8, 4) is 5.75 Å². The molecule has 0 aliphatic carbocycles. The number of nitrogens with zero attached hydrogens (tertiary/aromatic N) is 2. The number of amides is 1. The summed E-state index contributed by atoms with van der Waals surface area (Å²) in [5.41, 5.74) is 0.926. The number of ether oxygens (including phenoxy) is 1. The lowest BCUT2D eigenvalue weighted by molar-refractivity contribution is 0.0954. The van der Waals surface area contributed by atoms with E-state index in [2.05, 4.69) is 20.9 Å². The Kier molecular flexibility index (Phi) is 8.24. The molecule has 3 rings (SSSR count). The zero-order chi connectivity index (χ0) is 22.9. The highest BCUT2D eigenvalue weighted by Crippen LogP contribution is 2.24. The molecule has 0 aromatic heterocycles. The predicted octanol–water partition coefficient (Wildman–Crippen LogP) is 2.54. The first-order valence-electron chi connectivity index (χ1n) is 10.7. The zero-order valence-corrected chi connectivity index (χ0v) is 18.3. The average molecular weight is 446 g/mol. The standard InChI is InChI=1S/C23H29F2N5O2/c1-3-26-23(28-11-10-27-22(31)16-5-4-6-19(13-16)32-2)29-18-9-12-30(15-18)21-8-7-17(24)14-20(21)25/h4-8,13-14,18H,3,9-12,15H2,1-2H3,(H,27,31)(H2,26,28,29). The molecule has 0 bridgehead atoms. The highest BCUT2D eigenvalue weighted by Gasteiger charge is 2.25. The Morgan fingerprint density at radius 2 is 2.06 bits per heavy atom. The van der Waals surface area contributed by atoms with Crippen LogP contribution < -0.4 is 25.6 Å². The minimum atomic E-state index is -0.583. The fraction of sp³-hybridized carbons (Fsp3) is 0.391. The zero-order valence-electron chi connectivity index (χ0n) is 18.3. The SMILES string of the molecule is CCNC(=NCCNC(=O)c1cccc(OC)c1)NC1CCN(c2ccc(F)cc2F)C1. The normalized spacial score (nSPS) is 16.1. The van der Waals surface area contributed by atoms with Crippen molar-refractivity contribution in [2.45, 2.75) is 19.4 Å². The first-order chi connectivity index (χ1) is 15.5. The molecule has 1 saturated heterocycles. The third-order valence-electron chi connectivity index (χ3n) is 5.12. The predicted molar refractivity (Wildman–Crippen MR) is 121 cm³/mol. The number of halogens is 2. The number of benzene rings is 2. The van der Waals surface area contributed by atoms with E-state index in [1.165, 1.54) is 12.1 Å². The molecule has 1 aliphatic rings. The Hall–Kier alpha value is -3.36. The summed E-state index contributed by atoms with van der Waals surface area (Å²) in [4.78, 5) is 18.7. The van der Waals surface area contributed by atoms with Gasteiger partial charge < -0.3 is 25.6 Å². The van der Waals surface area contributed by atoms with Gasteiger partial charge in [-0.1, -0.05) is 6.07 Å². The van der Waals surface area contributed by atoms with Gasteiger partial charge in [-0.2, -0.15) is 0 Å². The van der Waals surface area contributed by atoms with Crippen LogP contribution in [0.1, 0.15) is 23.7 Å². The Morgan fingerprint density at radius 1 is 1.22 bits per heavy atom. The van der Waals surface area contributed by atoms with Crippen molar-refractivity contribution in [2.75, 3.05) is 44.7 Å². The monoisotopic (exact) mass is 445 g/mol. The summed E-state index contributed by atoms with van der Waals surface area (Å²) < 4.78 is 32.4. The molecule has 0 radical (unpaired) electrons. The smallest absolute Gasteiger partial charge is 0.251 e. The van der Waals surface area contributed by atoms with Crippen molar-refractivity contribution in [3.63, 3.8) is 0 Å². The van der Waals surface area contributed by atoms with Crippen LogP contribution in [-0.4, -0.2) is 57.7 Å². The van der Waals surface area contributed by atoms with Gasteiger partial charge in [0.15, 0.2) is 5.96 Å². The molecule has 7 nitrogen and oxygen atoms in total. The van der Waals surface area contributed by atoms with Gasteiger partial charge in [-0.05, 0) is 43.7 Å². The quantitative estimate of drug-likeness (QED) is 0.331. The van der Waals surface area contributed by atoms with E-state index in [1.807, 2.05) is 11.8 Å². The van der Waals surface area contributed by atoms with Gasteiger partial charge in [0, 0.05) is 43.9 Å². The number of methoxy groups -OCH3 is 1. The summed E-state index contributed by atoms with van der Waals surface area (Å²) >= 11 is 0. The van der Waals surface area contributed by atoms with Gasteiger partial charge in [0.1, 0.15) is 17.4 Å². The lowest BCUT2D eigenvalue weighted by Gasteiger charge is -2.21. The highest BCUT2D eigenvalue weighted by molar-refractivity contribution is 5.94. The van der Waals surface area contributed by atoms with Gasteiger partial charge >= 0.3 is 0 Å². The van der Waals surface area contributed by atoms with Crippen molar-refractivity contribution < 1.29 is 18.3 Å². The fourth-order valence-electron chi connectivity index (χ4n) is 3.55. The van der Waals surface area contributed by atoms with E-state index in [0.717, 1.165) is 12.5 Å². The van der Waals surface area contributed by atoms with Gasteiger partial charge in [-0.15, -0.1) is 0 Å². The topological polar surface area (TPSA) is 78.0 Å². The fourth-order valence-corrected chi connectivity index (χ4v) is 3.55. The first-order valence-corrected chi connectivity index (χ1v) is 10.7. The van der Waals surface area contributed by atoms with E-state index in [-0.39, 0.29) is 11.9 Å². The van der Waals surface area contributed by atoms with Gasteiger partial charge in [0.2, 0.25) is 0 Å². The molecule has 0 spiro atoms. The van der Waals surface area contributed by atoms with Crippen LogP contribution in [0, 0.1) is 11.6 Å². The molecule has 1 aliphatic heterocycles. The van der Waals surface area contributed by atoms with Crippen LogP contribution in [0.2, 0.25) is 0 Å². The number of hydrogen-bond donors (Lipinski definition) is 3. The van der Waals surface area contributed by atoms with E-state index in [1.54, 1.807) is 31.4 Å². The second-order valence-corrected chi connectivity index (χ2v) is 7.42. The van der Waals surface area contributed by atoms with E-state index < -0.39 is 11.6 Å². The lowest BCUT2D eigenvalue weighted by Crippen LogP contribution is -2.45. The molecule has 1 heterocycles. The van der Waals surface area contributed by atoms with Gasteiger partial charge in [0.05, 0.1) is 19.3 Å². The number of anilines is 1. The summed E-state index contributed by atoms with van der Waals surface area (Å²) in [7, 11) is 1.56. The second-order valence-electron chi connectivity index (χ2n) is 7.42. The van der Waals surface area contributed by atoms with Crippen molar-refractivity contribution in [1.29, 1.82) is 0 Å². The molecule has 2 aromatic rings. The number of carbonyl (C=O) groups excluding carboxylic acids is 1. The Morgan fingerprint density at radius 3 is 2.81 bits per heavy atom. The van der Waals surface area contributed by atoms with E-state index >= 15 is 0 Å². The molecule has 1 unspecified atom stereocenters. The van der Waals surface area contributed by atoms with Crippen LogP contribution in [0.25, 0.3) is 0 Å². The van der Waals surface area contributed by atoms with Crippen LogP contribution in [0.3, 0.4) is 0 Å². The number of rotatable bonds is 8. The summed E-state index contributed by atoms with van der Waals surface area (Å²) in [6.07, 6.45) is 0.799. The number of carbonyl (C=O) groups is 1. The first kappa shape index (κ1) is 23.3. The van der Waals surface area contributed by atoms with Crippen LogP contribution in [0.5, 0.6) is 5.75 Å². The molecule has 0 saturated carbocycles. The van der Waals surface area contributed by atoms with Crippen molar-refractivity contribution in [3.05, 3.63) is 59.7 Å². The summed E-state index contributed by atoms with van der Waals surface area (Å²) in [5.74, 6) is -0.0713. The molecule has 1 fully saturated rings. The van der Waals surface area contributed by atoms with E-state index in [0.29, 0.717) is 55.7 Å².